The molecule has 0 saturated carbocycles. The van der Waals surface area contributed by atoms with Gasteiger partial charge in [-0.3, -0.25) is 19.7 Å². The molecule has 0 atom stereocenters. The zero-order valence-electron chi connectivity index (χ0n) is 18.2. The Morgan fingerprint density at radius 2 is 1.88 bits per heavy atom. The second kappa shape index (κ2) is 10.5. The third-order valence-electron chi connectivity index (χ3n) is 5.44. The van der Waals surface area contributed by atoms with Crippen LogP contribution in [0.1, 0.15) is 22.8 Å². The van der Waals surface area contributed by atoms with Gasteiger partial charge >= 0.3 is 0 Å². The molecule has 3 N–H and O–H groups in total. The minimum absolute atomic E-state index is 0.00344. The van der Waals surface area contributed by atoms with Crippen LogP contribution >= 0.6 is 11.8 Å². The molecule has 3 rings (SSSR count). The lowest BCUT2D eigenvalue weighted by Gasteiger charge is -2.36. The Hall–Kier alpha value is -3.11. The summed E-state index contributed by atoms with van der Waals surface area (Å²) in [6, 6.07) is 9.82. The van der Waals surface area contributed by atoms with Crippen LogP contribution in [0.5, 0.6) is 0 Å². The number of anilines is 2. The SMILES string of the molecule is CCN1CCN(c2ccc(NC(=O)CSc3ccc(C(N)=O)cc3[N+](=O)[O-])cc2C)CC1. The lowest BCUT2D eigenvalue weighted by atomic mass is 10.1. The molecule has 2 aromatic rings. The van der Waals surface area contributed by atoms with E-state index in [-0.39, 0.29) is 22.9 Å². The summed E-state index contributed by atoms with van der Waals surface area (Å²) in [7, 11) is 0. The molecule has 9 nitrogen and oxygen atoms in total. The van der Waals surface area contributed by atoms with Gasteiger partial charge in [-0.15, -0.1) is 11.8 Å². The van der Waals surface area contributed by atoms with Crippen molar-refractivity contribution in [2.24, 2.45) is 5.73 Å². The number of nitrogens with zero attached hydrogens (tertiary/aromatic N) is 3. The summed E-state index contributed by atoms with van der Waals surface area (Å²) in [4.78, 5) is 39.5. The van der Waals surface area contributed by atoms with E-state index in [9.17, 15) is 19.7 Å². The fourth-order valence-electron chi connectivity index (χ4n) is 3.67. The van der Waals surface area contributed by atoms with Gasteiger partial charge in [0.15, 0.2) is 0 Å². The summed E-state index contributed by atoms with van der Waals surface area (Å²) < 4.78 is 0. The molecule has 0 aliphatic carbocycles. The summed E-state index contributed by atoms with van der Waals surface area (Å²) in [5, 5.41) is 14.1. The van der Waals surface area contributed by atoms with Crippen molar-refractivity contribution in [3.8, 4) is 0 Å². The van der Waals surface area contributed by atoms with Crippen molar-refractivity contribution in [2.45, 2.75) is 18.7 Å². The van der Waals surface area contributed by atoms with Crippen LogP contribution in [0.25, 0.3) is 0 Å². The lowest BCUT2D eigenvalue weighted by molar-refractivity contribution is -0.387. The van der Waals surface area contributed by atoms with E-state index in [2.05, 4.69) is 22.0 Å². The van der Waals surface area contributed by atoms with Crippen molar-refractivity contribution in [2.75, 3.05) is 48.7 Å². The largest absolute Gasteiger partial charge is 0.369 e. The van der Waals surface area contributed by atoms with E-state index in [1.807, 2.05) is 25.1 Å². The predicted octanol–water partition coefficient (Wildman–Crippen LogP) is 2.87. The molecule has 32 heavy (non-hydrogen) atoms. The molecule has 1 aliphatic rings. The lowest BCUT2D eigenvalue weighted by Crippen LogP contribution is -2.46. The summed E-state index contributed by atoms with van der Waals surface area (Å²) in [5.74, 6) is -1.02. The number of primary amides is 1. The molecule has 170 valence electrons. The Bertz CT molecular complexity index is 1020. The molecule has 2 aromatic carbocycles. The first-order chi connectivity index (χ1) is 15.3. The molecule has 0 radical (unpaired) electrons. The van der Waals surface area contributed by atoms with Crippen LogP contribution in [0.4, 0.5) is 17.1 Å². The van der Waals surface area contributed by atoms with E-state index in [1.165, 1.54) is 17.8 Å². The number of carbonyl (C=O) groups is 2. The molecule has 0 unspecified atom stereocenters. The van der Waals surface area contributed by atoms with E-state index in [1.54, 1.807) is 0 Å². The molecular formula is C22H27N5O4S. The number of hydrogen-bond acceptors (Lipinski definition) is 7. The number of nitrogens with two attached hydrogens (primary N) is 1. The highest BCUT2D eigenvalue weighted by Gasteiger charge is 2.19. The monoisotopic (exact) mass is 457 g/mol. The Balaban J connectivity index is 1.60. The molecule has 0 spiro atoms. The van der Waals surface area contributed by atoms with Crippen molar-refractivity contribution < 1.29 is 14.5 Å². The maximum absolute atomic E-state index is 12.4. The Morgan fingerprint density at radius 3 is 2.47 bits per heavy atom. The average molecular weight is 458 g/mol. The number of thioether (sulfide) groups is 1. The number of hydrogen-bond donors (Lipinski definition) is 2. The second-order valence-corrected chi connectivity index (χ2v) is 8.58. The molecule has 1 aliphatic heterocycles. The molecule has 0 bridgehead atoms. The number of likely N-dealkylation sites (N-methyl/N-ethyl adjacent to an activating group) is 1. The first-order valence-corrected chi connectivity index (χ1v) is 11.4. The highest BCUT2D eigenvalue weighted by atomic mass is 32.2. The average Bonchev–Trinajstić information content (AvgIpc) is 2.77. The van der Waals surface area contributed by atoms with Crippen LogP contribution in [-0.2, 0) is 4.79 Å². The van der Waals surface area contributed by atoms with Gasteiger partial charge in [0, 0.05) is 49.2 Å². The number of rotatable bonds is 8. The number of nitro groups is 1. The van der Waals surface area contributed by atoms with Gasteiger partial charge in [0.25, 0.3) is 5.69 Å². The quantitative estimate of drug-likeness (QED) is 0.355. The molecule has 1 fully saturated rings. The third-order valence-corrected chi connectivity index (χ3v) is 6.50. The fourth-order valence-corrected chi connectivity index (χ4v) is 4.47. The van der Waals surface area contributed by atoms with Crippen molar-refractivity contribution in [3.05, 3.63) is 57.6 Å². The van der Waals surface area contributed by atoms with Gasteiger partial charge in [-0.1, -0.05) is 6.92 Å². The summed E-state index contributed by atoms with van der Waals surface area (Å²) in [5.41, 5.74) is 7.92. The zero-order valence-corrected chi connectivity index (χ0v) is 19.0. The molecule has 2 amide bonds. The molecule has 1 saturated heterocycles. The van der Waals surface area contributed by atoms with Gasteiger partial charge in [0.05, 0.1) is 15.6 Å². The third kappa shape index (κ3) is 5.77. The number of benzene rings is 2. The fraction of sp³-hybridized carbons (Fsp3) is 0.364. The smallest absolute Gasteiger partial charge is 0.283 e. The van der Waals surface area contributed by atoms with Crippen molar-refractivity contribution >= 4 is 40.6 Å². The summed E-state index contributed by atoms with van der Waals surface area (Å²) in [6.07, 6.45) is 0. The van der Waals surface area contributed by atoms with E-state index < -0.39 is 10.8 Å². The maximum Gasteiger partial charge on any atom is 0.283 e. The van der Waals surface area contributed by atoms with Gasteiger partial charge in [-0.25, -0.2) is 0 Å². The number of carbonyl (C=O) groups excluding carboxylic acids is 2. The number of nitro benzene ring substituents is 1. The molecule has 10 heteroatoms. The number of piperazine rings is 1. The minimum atomic E-state index is -0.742. The molecule has 0 aromatic heterocycles. The van der Waals surface area contributed by atoms with Crippen molar-refractivity contribution in [1.82, 2.24) is 4.90 Å². The highest BCUT2D eigenvalue weighted by molar-refractivity contribution is 8.00. The number of aryl methyl sites for hydroxylation is 1. The van der Waals surface area contributed by atoms with Gasteiger partial charge in [0.1, 0.15) is 0 Å². The standard InChI is InChI=1S/C22H27N5O4S/c1-3-25-8-10-26(11-9-25)18-6-5-17(12-15(18)2)24-21(28)14-32-20-7-4-16(22(23)29)13-19(20)27(30)31/h4-7,12-13H,3,8-11,14H2,1-2H3,(H2,23,29)(H,24,28). The van der Waals surface area contributed by atoms with Crippen LogP contribution in [0, 0.1) is 17.0 Å². The topological polar surface area (TPSA) is 122 Å². The zero-order chi connectivity index (χ0) is 23.3. The van der Waals surface area contributed by atoms with Crippen molar-refractivity contribution in [3.63, 3.8) is 0 Å². The summed E-state index contributed by atoms with van der Waals surface area (Å²) >= 11 is 1.04. The Morgan fingerprint density at radius 1 is 1.16 bits per heavy atom. The van der Waals surface area contributed by atoms with E-state index in [0.717, 1.165) is 56.1 Å². The highest BCUT2D eigenvalue weighted by Crippen LogP contribution is 2.30. The normalized spacial score (nSPS) is 14.2. The van der Waals surface area contributed by atoms with Crippen LogP contribution in [0.15, 0.2) is 41.3 Å². The number of nitrogens with one attached hydrogen (secondary N) is 1. The van der Waals surface area contributed by atoms with Crippen LogP contribution < -0.4 is 16.0 Å². The van der Waals surface area contributed by atoms with E-state index >= 15 is 0 Å². The van der Waals surface area contributed by atoms with Crippen LogP contribution in [0.3, 0.4) is 0 Å². The maximum atomic E-state index is 12.4. The predicted molar refractivity (Wildman–Crippen MR) is 126 cm³/mol. The van der Waals surface area contributed by atoms with Crippen molar-refractivity contribution in [1.29, 1.82) is 0 Å². The molecular weight excluding hydrogens is 430 g/mol. The first kappa shape index (κ1) is 23.6. The Kier molecular flexibility index (Phi) is 7.70. The van der Waals surface area contributed by atoms with E-state index in [4.69, 9.17) is 5.73 Å². The van der Waals surface area contributed by atoms with Crippen LogP contribution in [-0.4, -0.2) is 60.1 Å². The van der Waals surface area contributed by atoms with Gasteiger partial charge in [-0.2, -0.15) is 0 Å². The molecule has 1 heterocycles. The van der Waals surface area contributed by atoms with Crippen LogP contribution in [0.2, 0.25) is 0 Å². The van der Waals surface area contributed by atoms with E-state index in [0.29, 0.717) is 10.6 Å². The second-order valence-electron chi connectivity index (χ2n) is 7.56. The van der Waals surface area contributed by atoms with Gasteiger partial charge < -0.3 is 20.9 Å². The first-order valence-electron chi connectivity index (χ1n) is 10.4. The minimum Gasteiger partial charge on any atom is -0.369 e. The summed E-state index contributed by atoms with van der Waals surface area (Å²) in [6.45, 7) is 9.29. The number of amides is 2. The van der Waals surface area contributed by atoms with Gasteiger partial charge in [-0.05, 0) is 49.4 Å². The Labute approximate surface area is 191 Å². The van der Waals surface area contributed by atoms with Gasteiger partial charge in [0.2, 0.25) is 11.8 Å².